The number of hydrogen-bond donors (Lipinski definition) is 1. The van der Waals surface area contributed by atoms with Crippen molar-refractivity contribution in [2.45, 2.75) is 44.9 Å². The van der Waals surface area contributed by atoms with Crippen molar-refractivity contribution in [1.29, 1.82) is 0 Å². The van der Waals surface area contributed by atoms with Gasteiger partial charge in [0.25, 0.3) is 0 Å². The normalized spacial score (nSPS) is 15.2. The van der Waals surface area contributed by atoms with Crippen molar-refractivity contribution < 1.29 is 0 Å². The van der Waals surface area contributed by atoms with Crippen LogP contribution in [-0.4, -0.2) is 16.7 Å². The Balaban J connectivity index is 1.80. The van der Waals surface area contributed by atoms with E-state index in [4.69, 9.17) is 5.73 Å². The second-order valence-corrected chi connectivity index (χ2v) is 7.21. The highest BCUT2D eigenvalue weighted by Gasteiger charge is 2.15. The number of thiophene rings is 1. The summed E-state index contributed by atoms with van der Waals surface area (Å²) < 4.78 is 0. The van der Waals surface area contributed by atoms with E-state index in [2.05, 4.69) is 16.3 Å². The van der Waals surface area contributed by atoms with Gasteiger partial charge in [-0.05, 0) is 50.3 Å². The quantitative estimate of drug-likeness (QED) is 0.879. The second-order valence-electron chi connectivity index (χ2n) is 5.01. The molecule has 0 saturated carbocycles. The topological polar surface area (TPSA) is 51.8 Å². The van der Waals surface area contributed by atoms with Crippen molar-refractivity contribution in [3.8, 4) is 9.88 Å². The summed E-state index contributed by atoms with van der Waals surface area (Å²) in [6.07, 6.45) is 8.49. The first-order valence-electron chi connectivity index (χ1n) is 7.01. The van der Waals surface area contributed by atoms with Gasteiger partial charge in [0.2, 0.25) is 0 Å². The third kappa shape index (κ3) is 3.04. The minimum absolute atomic E-state index is 0.724. The fraction of sp³-hybridized carbons (Fsp3) is 0.571. The first kappa shape index (κ1) is 13.2. The Bertz CT molecular complexity index is 521. The molecule has 5 heteroatoms. The average Bonchev–Trinajstić information content (AvgIpc) is 2.99. The van der Waals surface area contributed by atoms with Gasteiger partial charge < -0.3 is 5.73 Å². The Morgan fingerprint density at radius 1 is 1.11 bits per heavy atom. The van der Waals surface area contributed by atoms with E-state index in [-0.39, 0.29) is 0 Å². The number of nitrogens with zero attached hydrogens (tertiary/aromatic N) is 2. The molecule has 102 valence electrons. The van der Waals surface area contributed by atoms with Crippen LogP contribution in [-0.2, 0) is 19.3 Å². The number of aromatic nitrogens is 2. The molecule has 0 fully saturated rings. The SMILES string of the molecule is NCCCc1nnc(-c2cc3c(s2)CCCCC3)s1. The van der Waals surface area contributed by atoms with E-state index in [0.29, 0.717) is 0 Å². The molecule has 0 bridgehead atoms. The van der Waals surface area contributed by atoms with E-state index >= 15 is 0 Å². The lowest BCUT2D eigenvalue weighted by atomic mass is 10.1. The van der Waals surface area contributed by atoms with E-state index in [0.717, 1.165) is 29.4 Å². The van der Waals surface area contributed by atoms with Crippen molar-refractivity contribution >= 4 is 22.7 Å². The molecule has 3 nitrogen and oxygen atoms in total. The van der Waals surface area contributed by atoms with Gasteiger partial charge >= 0.3 is 0 Å². The van der Waals surface area contributed by atoms with Crippen LogP contribution >= 0.6 is 22.7 Å². The van der Waals surface area contributed by atoms with Crippen molar-refractivity contribution in [3.05, 3.63) is 21.5 Å². The van der Waals surface area contributed by atoms with Crippen LogP contribution in [0, 0.1) is 0 Å². The van der Waals surface area contributed by atoms with Crippen molar-refractivity contribution in [1.82, 2.24) is 10.2 Å². The lowest BCUT2D eigenvalue weighted by Gasteiger charge is -1.92. The molecule has 2 N–H and O–H groups in total. The summed E-state index contributed by atoms with van der Waals surface area (Å²) in [6, 6.07) is 2.35. The molecule has 0 aliphatic heterocycles. The number of nitrogens with two attached hydrogens (primary N) is 1. The van der Waals surface area contributed by atoms with Crippen molar-refractivity contribution in [3.63, 3.8) is 0 Å². The first-order valence-corrected chi connectivity index (χ1v) is 8.64. The van der Waals surface area contributed by atoms with Crippen LogP contribution in [0.3, 0.4) is 0 Å². The molecule has 0 aromatic carbocycles. The number of fused-ring (bicyclic) bond motifs is 1. The van der Waals surface area contributed by atoms with Gasteiger partial charge in [0.15, 0.2) is 5.01 Å². The molecule has 0 amide bonds. The molecule has 0 spiro atoms. The Morgan fingerprint density at radius 2 is 2.00 bits per heavy atom. The van der Waals surface area contributed by atoms with E-state index in [1.54, 1.807) is 21.8 Å². The molecule has 0 radical (unpaired) electrons. The fourth-order valence-electron chi connectivity index (χ4n) is 2.48. The summed E-state index contributed by atoms with van der Waals surface area (Å²) in [5.74, 6) is 0. The second kappa shape index (κ2) is 6.11. The Kier molecular flexibility index (Phi) is 4.25. The van der Waals surface area contributed by atoms with Crippen LogP contribution in [0.5, 0.6) is 0 Å². The van der Waals surface area contributed by atoms with Gasteiger partial charge in [-0.15, -0.1) is 21.5 Å². The van der Waals surface area contributed by atoms with Crippen LogP contribution in [0.4, 0.5) is 0 Å². The summed E-state index contributed by atoms with van der Waals surface area (Å²) in [5.41, 5.74) is 7.09. The minimum atomic E-state index is 0.724. The minimum Gasteiger partial charge on any atom is -0.330 e. The maximum absolute atomic E-state index is 5.53. The van der Waals surface area contributed by atoms with Gasteiger partial charge in [0.05, 0.1) is 4.88 Å². The average molecular weight is 293 g/mol. The van der Waals surface area contributed by atoms with E-state index in [1.807, 2.05) is 11.3 Å². The largest absolute Gasteiger partial charge is 0.330 e. The number of rotatable bonds is 4. The highest BCUT2D eigenvalue weighted by atomic mass is 32.1. The predicted molar refractivity (Wildman–Crippen MR) is 81.9 cm³/mol. The Hall–Kier alpha value is -0.780. The molecular weight excluding hydrogens is 274 g/mol. The summed E-state index contributed by atoms with van der Waals surface area (Å²) in [7, 11) is 0. The highest BCUT2D eigenvalue weighted by molar-refractivity contribution is 7.21. The van der Waals surface area contributed by atoms with E-state index < -0.39 is 0 Å². The number of hydrogen-bond acceptors (Lipinski definition) is 5. The monoisotopic (exact) mass is 293 g/mol. The molecule has 1 aliphatic carbocycles. The van der Waals surface area contributed by atoms with Gasteiger partial charge in [-0.3, -0.25) is 0 Å². The first-order chi connectivity index (χ1) is 9.36. The predicted octanol–water partition coefficient (Wildman–Crippen LogP) is 3.43. The fourth-order valence-corrected chi connectivity index (χ4v) is 4.66. The summed E-state index contributed by atoms with van der Waals surface area (Å²) in [5, 5.41) is 10.8. The van der Waals surface area contributed by atoms with E-state index in [9.17, 15) is 0 Å². The van der Waals surface area contributed by atoms with Crippen LogP contribution in [0.2, 0.25) is 0 Å². The highest BCUT2D eigenvalue weighted by Crippen LogP contribution is 2.36. The zero-order chi connectivity index (χ0) is 13.1. The van der Waals surface area contributed by atoms with Gasteiger partial charge in [0.1, 0.15) is 5.01 Å². The smallest absolute Gasteiger partial charge is 0.157 e. The van der Waals surface area contributed by atoms with Crippen LogP contribution < -0.4 is 5.73 Å². The summed E-state index contributed by atoms with van der Waals surface area (Å²) in [6.45, 7) is 0.724. The molecule has 0 saturated heterocycles. The molecule has 0 unspecified atom stereocenters. The maximum atomic E-state index is 5.53. The van der Waals surface area contributed by atoms with Crippen LogP contribution in [0.15, 0.2) is 6.07 Å². The van der Waals surface area contributed by atoms with Crippen LogP contribution in [0.1, 0.15) is 41.1 Å². The summed E-state index contributed by atoms with van der Waals surface area (Å²) >= 11 is 3.65. The third-order valence-electron chi connectivity index (χ3n) is 3.52. The Morgan fingerprint density at radius 3 is 2.89 bits per heavy atom. The molecule has 1 aliphatic rings. The molecule has 0 atom stereocenters. The molecule has 2 aromatic rings. The molecule has 2 heterocycles. The van der Waals surface area contributed by atoms with Gasteiger partial charge in [-0.2, -0.15) is 0 Å². The zero-order valence-electron chi connectivity index (χ0n) is 11.0. The van der Waals surface area contributed by atoms with E-state index in [1.165, 1.54) is 37.0 Å². The molecule has 3 rings (SSSR count). The van der Waals surface area contributed by atoms with Crippen LogP contribution in [0.25, 0.3) is 9.88 Å². The van der Waals surface area contributed by atoms with Crippen molar-refractivity contribution in [2.75, 3.05) is 6.54 Å². The van der Waals surface area contributed by atoms with Gasteiger partial charge in [0, 0.05) is 11.3 Å². The number of aryl methyl sites for hydroxylation is 3. The molecule has 2 aromatic heterocycles. The van der Waals surface area contributed by atoms with Gasteiger partial charge in [-0.25, -0.2) is 0 Å². The van der Waals surface area contributed by atoms with Gasteiger partial charge in [-0.1, -0.05) is 17.8 Å². The molecular formula is C14H19N3S2. The standard InChI is InChI=1S/C14H19N3S2/c15-8-4-7-13-16-17-14(19-13)12-9-10-5-2-1-3-6-11(10)18-12/h9H,1-8,15H2. The van der Waals surface area contributed by atoms with Crippen molar-refractivity contribution in [2.24, 2.45) is 5.73 Å². The zero-order valence-corrected chi connectivity index (χ0v) is 12.7. The lowest BCUT2D eigenvalue weighted by molar-refractivity contribution is 0.713. The third-order valence-corrected chi connectivity index (χ3v) is 5.91. The Labute approximate surface area is 121 Å². The molecule has 19 heavy (non-hydrogen) atoms. The maximum Gasteiger partial charge on any atom is 0.157 e. The lowest BCUT2D eigenvalue weighted by Crippen LogP contribution is -1.99. The summed E-state index contributed by atoms with van der Waals surface area (Å²) in [4.78, 5) is 2.88.